The molecule has 0 aromatic rings. The van der Waals surface area contributed by atoms with Gasteiger partial charge in [0.05, 0.1) is 6.10 Å². The van der Waals surface area contributed by atoms with E-state index in [1.54, 1.807) is 0 Å². The summed E-state index contributed by atoms with van der Waals surface area (Å²) in [6.45, 7) is 4.68. The summed E-state index contributed by atoms with van der Waals surface area (Å²) in [7, 11) is 0. The minimum atomic E-state index is -0.148. The molecule has 0 aromatic heterocycles. The molecular formula is C16H34O2. The highest BCUT2D eigenvalue weighted by Crippen LogP contribution is 2.22. The lowest BCUT2D eigenvalue weighted by molar-refractivity contribution is 0.0805. The quantitative estimate of drug-likeness (QED) is 0.484. The fraction of sp³-hybridized carbons (Fsp3) is 1.00. The van der Waals surface area contributed by atoms with E-state index < -0.39 is 0 Å². The van der Waals surface area contributed by atoms with E-state index >= 15 is 0 Å². The van der Waals surface area contributed by atoms with Crippen LogP contribution in [0.4, 0.5) is 0 Å². The van der Waals surface area contributed by atoms with Crippen LogP contribution >= 0.6 is 0 Å². The number of rotatable bonds is 13. The zero-order valence-electron chi connectivity index (χ0n) is 12.5. The number of hydrogen-bond donors (Lipinski definition) is 2. The van der Waals surface area contributed by atoms with Crippen molar-refractivity contribution in [1.82, 2.24) is 0 Å². The van der Waals surface area contributed by atoms with E-state index in [1.807, 2.05) is 0 Å². The molecule has 2 heteroatoms. The predicted molar refractivity (Wildman–Crippen MR) is 78.7 cm³/mol. The summed E-state index contributed by atoms with van der Waals surface area (Å²) in [6.07, 6.45) is 12.4. The lowest BCUT2D eigenvalue weighted by atomic mass is 9.88. The van der Waals surface area contributed by atoms with Crippen molar-refractivity contribution in [2.45, 2.75) is 90.6 Å². The van der Waals surface area contributed by atoms with Gasteiger partial charge in [0.1, 0.15) is 0 Å². The molecule has 110 valence electrons. The maximum absolute atomic E-state index is 10.2. The molecule has 2 atom stereocenters. The smallest absolute Gasteiger partial charge is 0.0568 e. The van der Waals surface area contributed by atoms with Gasteiger partial charge in [-0.2, -0.15) is 0 Å². The van der Waals surface area contributed by atoms with Gasteiger partial charge in [0.2, 0.25) is 0 Å². The van der Waals surface area contributed by atoms with Gasteiger partial charge in [-0.05, 0) is 31.6 Å². The monoisotopic (exact) mass is 258 g/mol. The Labute approximate surface area is 114 Å². The molecular weight excluding hydrogens is 224 g/mol. The predicted octanol–water partition coefficient (Wildman–Crippen LogP) is 4.29. The number of aliphatic hydroxyl groups is 2. The summed E-state index contributed by atoms with van der Waals surface area (Å²) in [5, 5.41) is 19.2. The highest BCUT2D eigenvalue weighted by Gasteiger charge is 2.17. The fourth-order valence-corrected chi connectivity index (χ4v) is 2.54. The average molecular weight is 258 g/mol. The second-order valence-electron chi connectivity index (χ2n) is 5.54. The van der Waals surface area contributed by atoms with Gasteiger partial charge in [-0.15, -0.1) is 0 Å². The number of aliphatic hydroxyl groups excluding tert-OH is 2. The van der Waals surface area contributed by atoms with Gasteiger partial charge in [-0.1, -0.05) is 58.8 Å². The maximum atomic E-state index is 10.2. The molecule has 0 heterocycles. The van der Waals surface area contributed by atoms with Crippen molar-refractivity contribution in [2.75, 3.05) is 6.61 Å². The second-order valence-corrected chi connectivity index (χ2v) is 5.54. The van der Waals surface area contributed by atoms with Gasteiger partial charge in [-0.3, -0.25) is 0 Å². The van der Waals surface area contributed by atoms with Crippen LogP contribution in [-0.2, 0) is 0 Å². The van der Waals surface area contributed by atoms with Crippen LogP contribution in [0.1, 0.15) is 84.5 Å². The minimum absolute atomic E-state index is 0.148. The highest BCUT2D eigenvalue weighted by atomic mass is 16.3. The first-order chi connectivity index (χ1) is 8.76. The Morgan fingerprint density at radius 3 is 1.94 bits per heavy atom. The summed E-state index contributed by atoms with van der Waals surface area (Å²) in [4.78, 5) is 0. The molecule has 0 radical (unpaired) electrons. The maximum Gasteiger partial charge on any atom is 0.0568 e. The Kier molecular flexibility index (Phi) is 13.3. The molecule has 18 heavy (non-hydrogen) atoms. The van der Waals surface area contributed by atoms with E-state index in [9.17, 15) is 5.11 Å². The Morgan fingerprint density at radius 2 is 1.33 bits per heavy atom. The van der Waals surface area contributed by atoms with Crippen molar-refractivity contribution in [3.63, 3.8) is 0 Å². The van der Waals surface area contributed by atoms with Crippen molar-refractivity contribution >= 4 is 0 Å². The van der Waals surface area contributed by atoms with Gasteiger partial charge in [0.25, 0.3) is 0 Å². The Hall–Kier alpha value is -0.0800. The van der Waals surface area contributed by atoms with Crippen LogP contribution in [0.3, 0.4) is 0 Å². The number of unbranched alkanes of at least 4 members (excludes halogenated alkanes) is 5. The molecule has 0 saturated heterocycles. The SMILES string of the molecule is CCCCCCCC(O)C(CCCC)CCCO. The standard InChI is InChI=1S/C16H34O2/c1-3-5-7-8-9-13-16(18)15(11-6-4-2)12-10-14-17/h15-18H,3-14H2,1-2H3. The average Bonchev–Trinajstić information content (AvgIpc) is 2.38. The van der Waals surface area contributed by atoms with Gasteiger partial charge in [-0.25, -0.2) is 0 Å². The van der Waals surface area contributed by atoms with Crippen LogP contribution in [-0.4, -0.2) is 22.9 Å². The molecule has 0 aliphatic carbocycles. The van der Waals surface area contributed by atoms with E-state index in [1.165, 1.54) is 38.5 Å². The molecule has 0 bridgehead atoms. The molecule has 0 saturated carbocycles. The van der Waals surface area contributed by atoms with Crippen molar-refractivity contribution in [1.29, 1.82) is 0 Å². The molecule has 0 aliphatic rings. The van der Waals surface area contributed by atoms with E-state index in [0.717, 1.165) is 32.1 Å². The third-order valence-corrected chi connectivity index (χ3v) is 3.81. The van der Waals surface area contributed by atoms with Crippen LogP contribution in [0, 0.1) is 5.92 Å². The topological polar surface area (TPSA) is 40.5 Å². The van der Waals surface area contributed by atoms with Crippen molar-refractivity contribution in [3.8, 4) is 0 Å². The molecule has 0 rings (SSSR count). The Morgan fingerprint density at radius 1 is 0.722 bits per heavy atom. The van der Waals surface area contributed by atoms with Crippen molar-refractivity contribution < 1.29 is 10.2 Å². The number of hydrogen-bond acceptors (Lipinski definition) is 2. The van der Waals surface area contributed by atoms with Crippen molar-refractivity contribution in [2.24, 2.45) is 5.92 Å². The molecule has 0 spiro atoms. The summed E-state index contributed by atoms with van der Waals surface area (Å²) < 4.78 is 0. The molecule has 0 aliphatic heterocycles. The van der Waals surface area contributed by atoms with Crippen LogP contribution < -0.4 is 0 Å². The van der Waals surface area contributed by atoms with Crippen LogP contribution in [0.5, 0.6) is 0 Å². The summed E-state index contributed by atoms with van der Waals surface area (Å²) in [5.74, 6) is 0.406. The first-order valence-corrected chi connectivity index (χ1v) is 8.05. The molecule has 2 nitrogen and oxygen atoms in total. The lowest BCUT2D eigenvalue weighted by Gasteiger charge is -2.22. The highest BCUT2D eigenvalue weighted by molar-refractivity contribution is 4.69. The van der Waals surface area contributed by atoms with Gasteiger partial charge >= 0.3 is 0 Å². The van der Waals surface area contributed by atoms with E-state index in [0.29, 0.717) is 5.92 Å². The summed E-state index contributed by atoms with van der Waals surface area (Å²) in [6, 6.07) is 0. The van der Waals surface area contributed by atoms with Crippen LogP contribution in [0.2, 0.25) is 0 Å². The third kappa shape index (κ3) is 9.90. The van der Waals surface area contributed by atoms with Gasteiger partial charge in [0, 0.05) is 6.61 Å². The Balaban J connectivity index is 3.76. The van der Waals surface area contributed by atoms with Crippen LogP contribution in [0.15, 0.2) is 0 Å². The Bertz CT molecular complexity index is 151. The second kappa shape index (κ2) is 13.4. The van der Waals surface area contributed by atoms with Gasteiger partial charge in [0.15, 0.2) is 0 Å². The van der Waals surface area contributed by atoms with E-state index in [4.69, 9.17) is 5.11 Å². The lowest BCUT2D eigenvalue weighted by Crippen LogP contribution is -2.21. The molecule has 0 amide bonds. The van der Waals surface area contributed by atoms with Crippen LogP contribution in [0.25, 0.3) is 0 Å². The zero-order chi connectivity index (χ0) is 13.6. The van der Waals surface area contributed by atoms with Crippen molar-refractivity contribution in [3.05, 3.63) is 0 Å². The molecule has 2 N–H and O–H groups in total. The summed E-state index contributed by atoms with van der Waals surface area (Å²) in [5.41, 5.74) is 0. The largest absolute Gasteiger partial charge is 0.396 e. The first kappa shape index (κ1) is 17.9. The van der Waals surface area contributed by atoms with Gasteiger partial charge < -0.3 is 10.2 Å². The van der Waals surface area contributed by atoms with E-state index in [-0.39, 0.29) is 12.7 Å². The third-order valence-electron chi connectivity index (χ3n) is 3.81. The normalized spacial score (nSPS) is 14.7. The minimum Gasteiger partial charge on any atom is -0.396 e. The summed E-state index contributed by atoms with van der Waals surface area (Å²) >= 11 is 0. The molecule has 2 unspecified atom stereocenters. The zero-order valence-corrected chi connectivity index (χ0v) is 12.5. The van der Waals surface area contributed by atoms with E-state index in [2.05, 4.69) is 13.8 Å². The first-order valence-electron chi connectivity index (χ1n) is 8.05. The molecule has 0 fully saturated rings. The fourth-order valence-electron chi connectivity index (χ4n) is 2.54. The molecule has 0 aromatic carbocycles.